The van der Waals surface area contributed by atoms with Gasteiger partial charge in [-0.15, -0.1) is 22.7 Å². The van der Waals surface area contributed by atoms with Gasteiger partial charge in [0.15, 0.2) is 0 Å². The molecule has 3 aromatic rings. The molecule has 29 heavy (non-hydrogen) atoms. The lowest BCUT2D eigenvalue weighted by atomic mass is 10.1. The summed E-state index contributed by atoms with van der Waals surface area (Å²) in [5.74, 6) is 0.115. The van der Waals surface area contributed by atoms with Crippen LogP contribution in [0, 0.1) is 0 Å². The maximum absolute atomic E-state index is 12.8. The number of carbonyl (C=O) groups is 2. The van der Waals surface area contributed by atoms with E-state index >= 15 is 0 Å². The van der Waals surface area contributed by atoms with Crippen molar-refractivity contribution >= 4 is 60.5 Å². The Morgan fingerprint density at radius 2 is 1.93 bits per heavy atom. The van der Waals surface area contributed by atoms with Crippen LogP contribution in [0.3, 0.4) is 0 Å². The van der Waals surface area contributed by atoms with Crippen molar-refractivity contribution in [3.05, 3.63) is 50.2 Å². The molecule has 1 aromatic carbocycles. The lowest BCUT2D eigenvalue weighted by molar-refractivity contribution is 0.0557. The van der Waals surface area contributed by atoms with Gasteiger partial charge in [-0.05, 0) is 30.0 Å². The fourth-order valence-corrected chi connectivity index (χ4v) is 6.02. The van der Waals surface area contributed by atoms with Crippen molar-refractivity contribution in [1.29, 1.82) is 0 Å². The molecule has 0 bridgehead atoms. The first-order valence-corrected chi connectivity index (χ1v) is 12.0. The lowest BCUT2D eigenvalue weighted by Gasteiger charge is -2.40. The Morgan fingerprint density at radius 3 is 2.72 bits per heavy atom. The number of thiazole rings is 1. The van der Waals surface area contributed by atoms with Gasteiger partial charge in [0.25, 0.3) is 11.8 Å². The zero-order valence-electron chi connectivity index (χ0n) is 15.5. The third-order valence-corrected chi connectivity index (χ3v) is 7.63. The van der Waals surface area contributed by atoms with Crippen LogP contribution in [-0.2, 0) is 0 Å². The van der Waals surface area contributed by atoms with Gasteiger partial charge in [-0.1, -0.05) is 22.0 Å². The molecule has 5 rings (SSSR count). The molecular weight excluding hydrogens is 472 g/mol. The Hall–Kier alpha value is -1.81. The Kier molecular flexibility index (Phi) is 5.15. The molecule has 0 spiro atoms. The third kappa shape index (κ3) is 3.84. The third-order valence-electron chi connectivity index (χ3n) is 5.46. The van der Waals surface area contributed by atoms with Gasteiger partial charge < -0.3 is 15.1 Å². The van der Waals surface area contributed by atoms with Crippen LogP contribution in [0.25, 0.3) is 10.1 Å². The molecule has 2 amide bonds. The number of aromatic nitrogens is 1. The second kappa shape index (κ2) is 7.79. The normalized spacial score (nSPS) is 19.7. The summed E-state index contributed by atoms with van der Waals surface area (Å²) in [6, 6.07) is 8.64. The summed E-state index contributed by atoms with van der Waals surface area (Å²) in [7, 11) is 0. The van der Waals surface area contributed by atoms with Crippen molar-refractivity contribution in [3.8, 4) is 0 Å². The van der Waals surface area contributed by atoms with Gasteiger partial charge in [-0.2, -0.15) is 0 Å². The van der Waals surface area contributed by atoms with Gasteiger partial charge in [-0.25, -0.2) is 4.98 Å². The number of carbonyl (C=O) groups excluding carboxylic acids is 2. The number of thiophene rings is 1. The van der Waals surface area contributed by atoms with Crippen LogP contribution in [-0.4, -0.2) is 64.9 Å². The van der Waals surface area contributed by atoms with Crippen LogP contribution in [0.4, 0.5) is 0 Å². The number of hydrogen-bond acceptors (Lipinski definition) is 6. The molecule has 6 nitrogen and oxygen atoms in total. The molecule has 0 saturated carbocycles. The topological polar surface area (TPSA) is 65.5 Å². The number of hydrogen-bond donors (Lipinski definition) is 1. The van der Waals surface area contributed by atoms with Gasteiger partial charge in [0.1, 0.15) is 5.69 Å². The monoisotopic (exact) mass is 490 g/mol. The molecule has 1 unspecified atom stereocenters. The maximum Gasteiger partial charge on any atom is 0.273 e. The number of nitrogens with zero attached hydrogens (tertiary/aromatic N) is 3. The van der Waals surface area contributed by atoms with E-state index in [-0.39, 0.29) is 17.9 Å². The zero-order valence-corrected chi connectivity index (χ0v) is 18.7. The van der Waals surface area contributed by atoms with E-state index in [9.17, 15) is 9.59 Å². The molecule has 1 N–H and O–H groups in total. The minimum Gasteiger partial charge on any atom is -0.336 e. The standard InChI is InChI=1S/C20H19BrN4O2S2/c21-13-2-1-12-5-18(29-17(12)6-13)20(27)25-8-15(9-25)23-14-3-4-24(7-14)19(26)16-10-28-11-22-16/h1-2,5-6,10-11,14-15,23H,3-4,7-9H2. The predicted molar refractivity (Wildman–Crippen MR) is 119 cm³/mol. The van der Waals surface area contributed by atoms with Crippen LogP contribution < -0.4 is 5.32 Å². The molecule has 0 aliphatic carbocycles. The maximum atomic E-state index is 12.8. The second-order valence-electron chi connectivity index (χ2n) is 7.48. The number of likely N-dealkylation sites (tertiary alicyclic amines) is 2. The lowest BCUT2D eigenvalue weighted by Crippen LogP contribution is -2.61. The van der Waals surface area contributed by atoms with Gasteiger partial charge in [-0.3, -0.25) is 9.59 Å². The zero-order chi connectivity index (χ0) is 20.0. The van der Waals surface area contributed by atoms with Crippen LogP contribution >= 0.6 is 38.6 Å². The molecule has 2 aliphatic heterocycles. The van der Waals surface area contributed by atoms with Crippen molar-refractivity contribution in [3.63, 3.8) is 0 Å². The Morgan fingerprint density at radius 1 is 1.10 bits per heavy atom. The summed E-state index contributed by atoms with van der Waals surface area (Å²) >= 11 is 6.46. The first-order valence-electron chi connectivity index (χ1n) is 9.49. The molecule has 2 aromatic heterocycles. The fraction of sp³-hybridized carbons (Fsp3) is 0.350. The summed E-state index contributed by atoms with van der Waals surface area (Å²) in [5, 5.41) is 6.51. The first-order chi connectivity index (χ1) is 14.1. The number of rotatable bonds is 4. The van der Waals surface area contributed by atoms with E-state index in [0.717, 1.165) is 32.4 Å². The van der Waals surface area contributed by atoms with Crippen molar-refractivity contribution < 1.29 is 9.59 Å². The highest BCUT2D eigenvalue weighted by Gasteiger charge is 2.35. The highest BCUT2D eigenvalue weighted by molar-refractivity contribution is 9.10. The molecule has 2 aliphatic rings. The van der Waals surface area contributed by atoms with E-state index in [1.165, 1.54) is 11.3 Å². The van der Waals surface area contributed by atoms with Gasteiger partial charge in [0, 0.05) is 52.8 Å². The van der Waals surface area contributed by atoms with Crippen molar-refractivity contribution in [1.82, 2.24) is 20.1 Å². The van der Waals surface area contributed by atoms with Crippen molar-refractivity contribution in [2.24, 2.45) is 0 Å². The molecule has 1 atom stereocenters. The van der Waals surface area contributed by atoms with Gasteiger partial charge >= 0.3 is 0 Å². The highest BCUT2D eigenvalue weighted by Crippen LogP contribution is 2.30. The Labute approximate surface area is 184 Å². The van der Waals surface area contributed by atoms with Crippen LogP contribution in [0.2, 0.25) is 0 Å². The van der Waals surface area contributed by atoms with E-state index < -0.39 is 0 Å². The summed E-state index contributed by atoms with van der Waals surface area (Å²) in [5.41, 5.74) is 2.22. The van der Waals surface area contributed by atoms with E-state index in [1.54, 1.807) is 22.2 Å². The quantitative estimate of drug-likeness (QED) is 0.608. The first kappa shape index (κ1) is 19.2. The number of halogens is 1. The van der Waals surface area contributed by atoms with Crippen LogP contribution in [0.1, 0.15) is 26.6 Å². The minimum absolute atomic E-state index is 0.0114. The second-order valence-corrected chi connectivity index (χ2v) is 10.2. The smallest absolute Gasteiger partial charge is 0.273 e. The average Bonchev–Trinajstić information content (AvgIpc) is 3.43. The minimum atomic E-state index is 0.0114. The molecular formula is C20H19BrN4O2S2. The Bertz CT molecular complexity index is 1060. The number of amides is 2. The summed E-state index contributed by atoms with van der Waals surface area (Å²) in [6.45, 7) is 2.88. The molecule has 4 heterocycles. The van der Waals surface area contributed by atoms with E-state index in [1.807, 2.05) is 28.0 Å². The van der Waals surface area contributed by atoms with Crippen molar-refractivity contribution in [2.75, 3.05) is 26.2 Å². The van der Waals surface area contributed by atoms with E-state index in [0.29, 0.717) is 31.4 Å². The predicted octanol–water partition coefficient (Wildman–Crippen LogP) is 3.45. The summed E-state index contributed by atoms with van der Waals surface area (Å²) in [6.07, 6.45) is 0.936. The number of benzene rings is 1. The molecule has 2 saturated heterocycles. The summed E-state index contributed by atoms with van der Waals surface area (Å²) < 4.78 is 2.15. The average molecular weight is 491 g/mol. The van der Waals surface area contributed by atoms with Crippen molar-refractivity contribution in [2.45, 2.75) is 18.5 Å². The Balaban J connectivity index is 1.13. The van der Waals surface area contributed by atoms with Crippen LogP contribution in [0.5, 0.6) is 0 Å². The SMILES string of the molecule is O=C(c1cscn1)N1CCC(NC2CN(C(=O)c3cc4ccc(Br)cc4s3)C2)C1. The molecule has 0 radical (unpaired) electrons. The number of fused-ring (bicyclic) bond motifs is 1. The van der Waals surface area contributed by atoms with E-state index in [4.69, 9.17) is 0 Å². The van der Waals surface area contributed by atoms with Gasteiger partial charge in [0.2, 0.25) is 0 Å². The van der Waals surface area contributed by atoms with Crippen LogP contribution in [0.15, 0.2) is 39.6 Å². The summed E-state index contributed by atoms with van der Waals surface area (Å²) in [4.78, 5) is 33.8. The molecule has 9 heteroatoms. The van der Waals surface area contributed by atoms with Gasteiger partial charge in [0.05, 0.1) is 10.4 Å². The van der Waals surface area contributed by atoms with E-state index in [2.05, 4.69) is 32.3 Å². The molecule has 2 fully saturated rings. The highest BCUT2D eigenvalue weighted by atomic mass is 79.9. The number of nitrogens with one attached hydrogen (secondary N) is 1. The largest absolute Gasteiger partial charge is 0.336 e. The molecule has 150 valence electrons. The fourth-order valence-electron chi connectivity index (χ4n) is 3.91.